The van der Waals surface area contributed by atoms with Crippen LogP contribution in [-0.2, 0) is 9.53 Å². The van der Waals surface area contributed by atoms with Crippen LogP contribution in [0.4, 0.5) is 4.39 Å². The third kappa shape index (κ3) is 4.63. The molecule has 5 rings (SSSR count). The Balaban J connectivity index is 1.71. The molecule has 39 heavy (non-hydrogen) atoms. The Kier molecular flexibility index (Phi) is 7.10. The van der Waals surface area contributed by atoms with Crippen molar-refractivity contribution in [2.75, 3.05) is 13.7 Å². The summed E-state index contributed by atoms with van der Waals surface area (Å²) in [7, 11) is 1.56. The maximum atomic E-state index is 14.0. The molecule has 7 nitrogen and oxygen atoms in total. The zero-order valence-corrected chi connectivity index (χ0v) is 23.1. The number of fused-ring (bicyclic) bond motifs is 1. The van der Waals surface area contributed by atoms with Gasteiger partial charge in [-0.25, -0.2) is 14.2 Å². The summed E-state index contributed by atoms with van der Waals surface area (Å²) in [6.07, 6.45) is 1.84. The van der Waals surface area contributed by atoms with Crippen molar-refractivity contribution in [3.8, 4) is 11.4 Å². The largest absolute Gasteiger partial charge is 0.496 e. The number of nitrogens with zero attached hydrogens (tertiary/aromatic N) is 3. The highest BCUT2D eigenvalue weighted by molar-refractivity contribution is 7.07. The van der Waals surface area contributed by atoms with E-state index in [1.807, 2.05) is 48.8 Å². The molecule has 0 bridgehead atoms. The van der Waals surface area contributed by atoms with Gasteiger partial charge in [-0.05, 0) is 75.7 Å². The molecule has 0 saturated heterocycles. The van der Waals surface area contributed by atoms with Gasteiger partial charge in [-0.3, -0.25) is 9.36 Å². The van der Waals surface area contributed by atoms with Gasteiger partial charge in [0.25, 0.3) is 5.56 Å². The minimum absolute atomic E-state index is 0.197. The van der Waals surface area contributed by atoms with E-state index < -0.39 is 12.0 Å². The molecule has 0 saturated carbocycles. The van der Waals surface area contributed by atoms with Crippen LogP contribution in [0.2, 0.25) is 0 Å². The van der Waals surface area contributed by atoms with Crippen molar-refractivity contribution in [1.29, 1.82) is 0 Å². The summed E-state index contributed by atoms with van der Waals surface area (Å²) in [5, 5.41) is 0. The molecule has 0 spiro atoms. The van der Waals surface area contributed by atoms with Crippen molar-refractivity contribution >= 4 is 23.4 Å². The van der Waals surface area contributed by atoms with Crippen LogP contribution in [0.1, 0.15) is 42.4 Å². The van der Waals surface area contributed by atoms with Gasteiger partial charge in [0.1, 0.15) is 17.6 Å². The lowest BCUT2D eigenvalue weighted by Gasteiger charge is -2.25. The third-order valence-electron chi connectivity index (χ3n) is 6.79. The fraction of sp³-hybridized carbons (Fsp3) is 0.233. The monoisotopic (exact) mass is 545 g/mol. The van der Waals surface area contributed by atoms with E-state index in [1.54, 1.807) is 43.7 Å². The van der Waals surface area contributed by atoms with Gasteiger partial charge in [0, 0.05) is 22.6 Å². The van der Waals surface area contributed by atoms with Gasteiger partial charge < -0.3 is 14.0 Å². The second kappa shape index (κ2) is 10.5. The minimum atomic E-state index is -0.759. The van der Waals surface area contributed by atoms with Crippen LogP contribution in [0, 0.1) is 19.7 Å². The average molecular weight is 546 g/mol. The molecule has 9 heteroatoms. The lowest BCUT2D eigenvalue weighted by atomic mass is 9.95. The molecule has 0 amide bonds. The molecule has 200 valence electrons. The van der Waals surface area contributed by atoms with Crippen LogP contribution in [0.15, 0.2) is 75.7 Å². The number of rotatable bonds is 6. The molecule has 0 N–H and O–H groups in total. The number of carbonyl (C=O) groups excluding carboxylic acids is 1. The first kappa shape index (κ1) is 26.4. The molecule has 2 aromatic carbocycles. The molecule has 0 aliphatic carbocycles. The van der Waals surface area contributed by atoms with Crippen LogP contribution in [0.25, 0.3) is 11.8 Å². The zero-order valence-electron chi connectivity index (χ0n) is 22.3. The molecular weight excluding hydrogens is 517 g/mol. The number of aryl methyl sites for hydroxylation is 1. The van der Waals surface area contributed by atoms with Crippen molar-refractivity contribution in [3.63, 3.8) is 0 Å². The second-order valence-electron chi connectivity index (χ2n) is 9.18. The molecule has 2 aromatic heterocycles. The lowest BCUT2D eigenvalue weighted by Crippen LogP contribution is -2.40. The minimum Gasteiger partial charge on any atom is -0.496 e. The molecule has 1 unspecified atom stereocenters. The predicted octanol–water partition coefficient (Wildman–Crippen LogP) is 4.35. The molecule has 1 aliphatic heterocycles. The van der Waals surface area contributed by atoms with Gasteiger partial charge in [0.2, 0.25) is 0 Å². The smallest absolute Gasteiger partial charge is 0.338 e. The van der Waals surface area contributed by atoms with Gasteiger partial charge in [-0.1, -0.05) is 29.5 Å². The Labute approximate surface area is 228 Å². The van der Waals surface area contributed by atoms with Gasteiger partial charge in [-0.15, -0.1) is 0 Å². The van der Waals surface area contributed by atoms with Gasteiger partial charge in [0.05, 0.1) is 29.5 Å². The highest BCUT2D eigenvalue weighted by Crippen LogP contribution is 2.35. The second-order valence-corrected chi connectivity index (χ2v) is 10.2. The Hall–Kier alpha value is -4.24. The van der Waals surface area contributed by atoms with Crippen molar-refractivity contribution in [1.82, 2.24) is 9.13 Å². The molecular formula is C30H28FN3O4S. The van der Waals surface area contributed by atoms with Crippen LogP contribution in [0.3, 0.4) is 0 Å². The van der Waals surface area contributed by atoms with E-state index in [0.717, 1.165) is 22.6 Å². The number of carbonyl (C=O) groups is 1. The maximum absolute atomic E-state index is 14.0. The molecule has 4 aromatic rings. The number of hydrogen-bond donors (Lipinski definition) is 0. The van der Waals surface area contributed by atoms with E-state index in [2.05, 4.69) is 4.99 Å². The molecule has 1 aliphatic rings. The molecule has 0 fully saturated rings. The first-order valence-electron chi connectivity index (χ1n) is 12.5. The van der Waals surface area contributed by atoms with Crippen molar-refractivity contribution in [2.45, 2.75) is 33.7 Å². The van der Waals surface area contributed by atoms with Crippen LogP contribution < -0.4 is 19.6 Å². The van der Waals surface area contributed by atoms with Gasteiger partial charge in [-0.2, -0.15) is 0 Å². The first-order valence-corrected chi connectivity index (χ1v) is 13.3. The predicted molar refractivity (Wildman–Crippen MR) is 149 cm³/mol. The van der Waals surface area contributed by atoms with Crippen LogP contribution in [0.5, 0.6) is 5.75 Å². The summed E-state index contributed by atoms with van der Waals surface area (Å²) < 4.78 is 28.5. The number of thiazole rings is 1. The molecule has 3 heterocycles. The van der Waals surface area contributed by atoms with E-state index in [0.29, 0.717) is 31.9 Å². The van der Waals surface area contributed by atoms with Crippen molar-refractivity contribution < 1.29 is 18.7 Å². The standard InChI is InChI=1S/C30H28FN3O4S/c1-6-38-29(36)26-18(3)32-30-34(27(26)23-9-7-8-10-24(23)37-5)28(35)25(39-30)16-20-15-17(2)33(19(20)4)22-13-11-21(31)12-14-22/h7-16,27H,6H2,1-5H3/b25-16-. The van der Waals surface area contributed by atoms with E-state index in [9.17, 15) is 14.0 Å². The number of aromatic nitrogens is 2. The SMILES string of the molecule is CCOC(=O)C1=C(C)N=c2s/c(=C\c3cc(C)n(-c4ccc(F)cc4)c3C)c(=O)n2C1c1ccccc1OC. The highest BCUT2D eigenvalue weighted by atomic mass is 32.1. The number of para-hydroxylation sites is 1. The van der Waals surface area contributed by atoms with Gasteiger partial charge in [0.15, 0.2) is 4.80 Å². The quantitative estimate of drug-likeness (QED) is 0.338. The van der Waals surface area contributed by atoms with Gasteiger partial charge >= 0.3 is 5.97 Å². The fourth-order valence-electron chi connectivity index (χ4n) is 5.04. The number of ether oxygens (including phenoxy) is 2. The van der Waals surface area contributed by atoms with Crippen LogP contribution >= 0.6 is 11.3 Å². The Bertz CT molecular complexity index is 1790. The lowest BCUT2D eigenvalue weighted by molar-refractivity contribution is -0.139. The number of halogens is 1. The number of benzene rings is 2. The van der Waals surface area contributed by atoms with Crippen molar-refractivity contribution in [2.24, 2.45) is 4.99 Å². The zero-order chi connectivity index (χ0) is 27.8. The highest BCUT2D eigenvalue weighted by Gasteiger charge is 2.35. The van der Waals surface area contributed by atoms with E-state index in [1.165, 1.54) is 23.5 Å². The van der Waals surface area contributed by atoms with Crippen LogP contribution in [-0.4, -0.2) is 28.8 Å². The number of esters is 1. The number of allylic oxidation sites excluding steroid dienone is 1. The van der Waals surface area contributed by atoms with E-state index in [-0.39, 0.29) is 18.0 Å². The Morgan fingerprint density at radius 3 is 2.54 bits per heavy atom. The summed E-state index contributed by atoms with van der Waals surface area (Å²) in [5.41, 5.74) is 4.74. The van der Waals surface area contributed by atoms with E-state index >= 15 is 0 Å². The normalized spacial score (nSPS) is 15.2. The topological polar surface area (TPSA) is 74.8 Å². The summed E-state index contributed by atoms with van der Waals surface area (Å²) in [6, 6.07) is 14.8. The Morgan fingerprint density at radius 2 is 1.85 bits per heavy atom. The maximum Gasteiger partial charge on any atom is 0.338 e. The summed E-state index contributed by atoms with van der Waals surface area (Å²) >= 11 is 1.26. The van der Waals surface area contributed by atoms with E-state index in [4.69, 9.17) is 9.47 Å². The summed E-state index contributed by atoms with van der Waals surface area (Å²) in [4.78, 5) is 32.2. The third-order valence-corrected chi connectivity index (χ3v) is 7.78. The number of methoxy groups -OCH3 is 1. The number of hydrogen-bond acceptors (Lipinski definition) is 6. The van der Waals surface area contributed by atoms with Crippen molar-refractivity contribution in [3.05, 3.63) is 114 Å². The molecule has 1 atom stereocenters. The molecule has 0 radical (unpaired) electrons. The Morgan fingerprint density at radius 1 is 1.13 bits per heavy atom. The first-order chi connectivity index (χ1) is 18.7. The summed E-state index contributed by atoms with van der Waals surface area (Å²) in [6.45, 7) is 7.61. The fourth-order valence-corrected chi connectivity index (χ4v) is 6.08. The summed E-state index contributed by atoms with van der Waals surface area (Å²) in [5.74, 6) is -0.271. The average Bonchev–Trinajstić information content (AvgIpc) is 3.37.